The van der Waals surface area contributed by atoms with Crippen LogP contribution in [-0.4, -0.2) is 22.3 Å². The van der Waals surface area contributed by atoms with Crippen molar-refractivity contribution in [3.8, 4) is 0 Å². The van der Waals surface area contributed by atoms with Crippen LogP contribution in [0.5, 0.6) is 0 Å². The first kappa shape index (κ1) is 14.2. The fourth-order valence-electron chi connectivity index (χ4n) is 1.48. The molecule has 0 aliphatic carbocycles. The van der Waals surface area contributed by atoms with E-state index in [1.165, 1.54) is 6.08 Å². The van der Waals surface area contributed by atoms with E-state index in [0.717, 1.165) is 11.6 Å². The second-order valence-corrected chi connectivity index (χ2v) is 4.17. The monoisotopic (exact) mass is 246 g/mol. The Morgan fingerprint density at radius 1 is 1.33 bits per heavy atom. The Morgan fingerprint density at radius 2 is 2.00 bits per heavy atom. The molecule has 0 aliphatic heterocycles. The Hall–Kier alpha value is -1.87. The lowest BCUT2D eigenvalue weighted by Crippen LogP contribution is -2.14. The van der Waals surface area contributed by atoms with E-state index < -0.39 is 12.1 Å². The minimum atomic E-state index is -0.991. The average Bonchev–Trinajstić information content (AvgIpc) is 2.36. The highest BCUT2D eigenvalue weighted by Gasteiger charge is 2.09. The second kappa shape index (κ2) is 7.45. The zero-order valence-corrected chi connectivity index (χ0v) is 10.4. The molecule has 0 radical (unpaired) electrons. The summed E-state index contributed by atoms with van der Waals surface area (Å²) in [5.74, 6) is -1.02. The maximum Gasteiger partial charge on any atom is 0.327 e. The zero-order chi connectivity index (χ0) is 13.4. The topological polar surface area (TPSA) is 57.5 Å². The summed E-state index contributed by atoms with van der Waals surface area (Å²) in [7, 11) is 0. The number of rotatable bonds is 6. The highest BCUT2D eigenvalue weighted by atomic mass is 16.4. The van der Waals surface area contributed by atoms with Gasteiger partial charge in [-0.25, -0.2) is 4.79 Å². The van der Waals surface area contributed by atoms with Crippen LogP contribution in [0.15, 0.2) is 48.6 Å². The van der Waals surface area contributed by atoms with Crippen molar-refractivity contribution in [1.29, 1.82) is 0 Å². The van der Waals surface area contributed by atoms with E-state index in [-0.39, 0.29) is 5.92 Å². The van der Waals surface area contributed by atoms with Crippen LogP contribution in [0.3, 0.4) is 0 Å². The van der Waals surface area contributed by atoms with Crippen molar-refractivity contribution in [3.05, 3.63) is 54.1 Å². The van der Waals surface area contributed by atoms with Gasteiger partial charge in [0.15, 0.2) is 0 Å². The van der Waals surface area contributed by atoms with E-state index in [1.54, 1.807) is 0 Å². The summed E-state index contributed by atoms with van der Waals surface area (Å²) >= 11 is 0. The van der Waals surface area contributed by atoms with Gasteiger partial charge in [0, 0.05) is 12.0 Å². The Balaban J connectivity index is 2.47. The molecule has 0 aromatic heterocycles. The van der Waals surface area contributed by atoms with Gasteiger partial charge in [0.05, 0.1) is 6.10 Å². The summed E-state index contributed by atoms with van der Waals surface area (Å²) in [5, 5.41) is 18.2. The number of aliphatic hydroxyl groups excluding tert-OH is 1. The van der Waals surface area contributed by atoms with Crippen molar-refractivity contribution in [2.24, 2.45) is 5.92 Å². The molecule has 1 aromatic rings. The Bertz CT molecular complexity index is 421. The van der Waals surface area contributed by atoms with Gasteiger partial charge < -0.3 is 10.2 Å². The number of benzene rings is 1. The first-order chi connectivity index (χ1) is 8.59. The number of aliphatic carboxylic acids is 1. The van der Waals surface area contributed by atoms with E-state index in [0.29, 0.717) is 6.42 Å². The molecular formula is C15H18O3. The van der Waals surface area contributed by atoms with Gasteiger partial charge in [-0.1, -0.05) is 55.5 Å². The molecule has 96 valence electrons. The molecule has 0 bridgehead atoms. The maximum atomic E-state index is 10.3. The van der Waals surface area contributed by atoms with Crippen LogP contribution >= 0.6 is 0 Å². The lowest BCUT2D eigenvalue weighted by Gasteiger charge is -2.12. The minimum Gasteiger partial charge on any atom is -0.478 e. The van der Waals surface area contributed by atoms with Crippen LogP contribution in [0.4, 0.5) is 0 Å². The lowest BCUT2D eigenvalue weighted by molar-refractivity contribution is -0.131. The van der Waals surface area contributed by atoms with Gasteiger partial charge in [0.2, 0.25) is 0 Å². The largest absolute Gasteiger partial charge is 0.478 e. The molecule has 0 saturated carbocycles. The van der Waals surface area contributed by atoms with Crippen molar-refractivity contribution >= 4 is 12.0 Å². The zero-order valence-electron chi connectivity index (χ0n) is 10.4. The van der Waals surface area contributed by atoms with Crippen LogP contribution in [0.2, 0.25) is 0 Å². The fraction of sp³-hybridized carbons (Fsp3) is 0.267. The molecule has 2 atom stereocenters. The molecule has 3 nitrogen and oxygen atoms in total. The van der Waals surface area contributed by atoms with Gasteiger partial charge >= 0.3 is 5.97 Å². The number of carbonyl (C=O) groups is 1. The van der Waals surface area contributed by atoms with E-state index in [2.05, 4.69) is 0 Å². The molecule has 1 rings (SSSR count). The van der Waals surface area contributed by atoms with Crippen LogP contribution in [-0.2, 0) is 4.79 Å². The van der Waals surface area contributed by atoms with Crippen molar-refractivity contribution < 1.29 is 15.0 Å². The predicted molar refractivity (Wildman–Crippen MR) is 72.0 cm³/mol. The molecule has 18 heavy (non-hydrogen) atoms. The average molecular weight is 246 g/mol. The molecule has 0 aliphatic rings. The van der Waals surface area contributed by atoms with Gasteiger partial charge in [0.25, 0.3) is 0 Å². The third kappa shape index (κ3) is 5.46. The predicted octanol–water partition coefficient (Wildman–Crippen LogP) is 2.73. The molecule has 0 fully saturated rings. The third-order valence-electron chi connectivity index (χ3n) is 2.64. The minimum absolute atomic E-state index is 0.0244. The highest BCUT2D eigenvalue weighted by Crippen LogP contribution is 2.12. The molecule has 1 aromatic carbocycles. The fourth-order valence-corrected chi connectivity index (χ4v) is 1.48. The number of hydrogen-bond acceptors (Lipinski definition) is 2. The normalized spacial score (nSPS) is 15.0. The van der Waals surface area contributed by atoms with Gasteiger partial charge in [-0.05, 0) is 12.0 Å². The van der Waals surface area contributed by atoms with Crippen LogP contribution in [0.25, 0.3) is 6.08 Å². The van der Waals surface area contributed by atoms with Gasteiger partial charge in [-0.3, -0.25) is 0 Å². The number of aliphatic hydroxyl groups is 1. The van der Waals surface area contributed by atoms with Crippen molar-refractivity contribution in [2.45, 2.75) is 19.4 Å². The lowest BCUT2D eigenvalue weighted by atomic mass is 10.00. The highest BCUT2D eigenvalue weighted by molar-refractivity contribution is 5.79. The van der Waals surface area contributed by atoms with Crippen molar-refractivity contribution in [1.82, 2.24) is 0 Å². The SMILES string of the molecule is CC(/C=C/c1ccccc1)C(O)C/C=C/C(=O)O. The number of carboxylic acids is 1. The Kier molecular flexibility index (Phi) is 5.88. The molecule has 0 saturated heterocycles. The summed E-state index contributed by atoms with van der Waals surface area (Å²) in [6.07, 6.45) is 6.17. The first-order valence-corrected chi connectivity index (χ1v) is 5.90. The van der Waals surface area contributed by atoms with Crippen LogP contribution in [0.1, 0.15) is 18.9 Å². The molecule has 0 amide bonds. The van der Waals surface area contributed by atoms with Crippen molar-refractivity contribution in [3.63, 3.8) is 0 Å². The summed E-state index contributed by atoms with van der Waals surface area (Å²) in [6.45, 7) is 1.90. The van der Waals surface area contributed by atoms with Gasteiger partial charge in [-0.15, -0.1) is 0 Å². The van der Waals surface area contributed by atoms with E-state index >= 15 is 0 Å². The number of carboxylic acid groups (broad SMARTS) is 1. The maximum absolute atomic E-state index is 10.3. The summed E-state index contributed by atoms with van der Waals surface area (Å²) in [5.41, 5.74) is 1.08. The van der Waals surface area contributed by atoms with Gasteiger partial charge in [-0.2, -0.15) is 0 Å². The standard InChI is InChI=1S/C15H18O3/c1-12(14(16)8-5-9-15(17)18)10-11-13-6-3-2-4-7-13/h2-7,9-12,14,16H,8H2,1H3,(H,17,18)/b9-5+,11-10+. The molecule has 0 heterocycles. The van der Waals surface area contributed by atoms with Crippen LogP contribution < -0.4 is 0 Å². The Morgan fingerprint density at radius 3 is 2.61 bits per heavy atom. The molecule has 0 spiro atoms. The van der Waals surface area contributed by atoms with Crippen LogP contribution in [0, 0.1) is 5.92 Å². The summed E-state index contributed by atoms with van der Waals surface area (Å²) < 4.78 is 0. The Labute approximate surface area is 107 Å². The second-order valence-electron chi connectivity index (χ2n) is 4.17. The molecule has 2 N–H and O–H groups in total. The molecule has 2 unspecified atom stereocenters. The van der Waals surface area contributed by atoms with Crippen molar-refractivity contribution in [2.75, 3.05) is 0 Å². The number of hydrogen-bond donors (Lipinski definition) is 2. The van der Waals surface area contributed by atoms with E-state index in [9.17, 15) is 9.90 Å². The quantitative estimate of drug-likeness (QED) is 0.759. The summed E-state index contributed by atoms with van der Waals surface area (Å²) in [4.78, 5) is 10.3. The molecule has 3 heteroatoms. The third-order valence-corrected chi connectivity index (χ3v) is 2.64. The van der Waals surface area contributed by atoms with Gasteiger partial charge in [0.1, 0.15) is 0 Å². The molecular weight excluding hydrogens is 228 g/mol. The smallest absolute Gasteiger partial charge is 0.327 e. The van der Waals surface area contributed by atoms with E-state index in [4.69, 9.17) is 5.11 Å². The van der Waals surface area contributed by atoms with E-state index in [1.807, 2.05) is 49.4 Å². The summed E-state index contributed by atoms with van der Waals surface area (Å²) in [6, 6.07) is 9.83. The first-order valence-electron chi connectivity index (χ1n) is 5.90.